The van der Waals surface area contributed by atoms with E-state index in [4.69, 9.17) is 16.9 Å². The number of rotatable bonds is 6. The monoisotopic (exact) mass is 345 g/mol. The van der Waals surface area contributed by atoms with Gasteiger partial charge in [-0.2, -0.15) is 14.9 Å². The van der Waals surface area contributed by atoms with Crippen molar-refractivity contribution >= 4 is 28.1 Å². The second-order valence-corrected chi connectivity index (χ2v) is 6.41. The topological polar surface area (TPSA) is 66.9 Å². The molecule has 0 fully saturated rings. The Balaban J connectivity index is 2.30. The molecule has 0 aliphatic rings. The first kappa shape index (κ1) is 17.2. The van der Waals surface area contributed by atoms with Crippen molar-refractivity contribution in [1.82, 2.24) is 9.27 Å². The molecule has 7 heteroatoms. The molecule has 1 aromatic carbocycles. The van der Waals surface area contributed by atoms with Gasteiger partial charge in [-0.15, -0.1) is 0 Å². The van der Waals surface area contributed by atoms with Crippen LogP contribution in [0.3, 0.4) is 0 Å². The number of benzene rings is 1. The zero-order valence-electron chi connectivity index (χ0n) is 13.0. The van der Waals surface area contributed by atoms with Crippen LogP contribution in [0.2, 0.25) is 5.15 Å². The third-order valence-electron chi connectivity index (χ3n) is 3.28. The van der Waals surface area contributed by atoms with Crippen LogP contribution in [0.15, 0.2) is 24.3 Å². The molecule has 0 atom stereocenters. The van der Waals surface area contributed by atoms with E-state index < -0.39 is 0 Å². The van der Waals surface area contributed by atoms with Gasteiger partial charge in [-0.25, -0.2) is 0 Å². The quantitative estimate of drug-likeness (QED) is 0.804. The first-order valence-corrected chi connectivity index (χ1v) is 8.14. The average molecular weight is 346 g/mol. The summed E-state index contributed by atoms with van der Waals surface area (Å²) in [5.74, 6) is 0. The molecule has 2 aromatic rings. The third-order valence-corrected chi connectivity index (χ3v) is 4.56. The normalized spacial score (nSPS) is 10.3. The predicted molar refractivity (Wildman–Crippen MR) is 92.6 cm³/mol. The van der Waals surface area contributed by atoms with Gasteiger partial charge in [0, 0.05) is 19.6 Å². The fraction of sp³-hybridized carbons (Fsp3) is 0.312. The van der Waals surface area contributed by atoms with Crippen LogP contribution < -0.4 is 4.90 Å². The van der Waals surface area contributed by atoms with Crippen LogP contribution in [-0.4, -0.2) is 36.5 Å². The highest BCUT2D eigenvalue weighted by atomic mass is 35.5. The highest BCUT2D eigenvalue weighted by Crippen LogP contribution is 2.32. The van der Waals surface area contributed by atoms with E-state index >= 15 is 0 Å². The van der Waals surface area contributed by atoms with Gasteiger partial charge in [-0.1, -0.05) is 23.7 Å². The summed E-state index contributed by atoms with van der Waals surface area (Å²) in [6.07, 6.45) is 0. The molecule has 118 valence electrons. The smallest absolute Gasteiger partial charge is 0.162 e. The van der Waals surface area contributed by atoms with E-state index in [0.717, 1.165) is 23.7 Å². The summed E-state index contributed by atoms with van der Waals surface area (Å²) >= 11 is 7.23. The van der Waals surface area contributed by atoms with Gasteiger partial charge >= 0.3 is 0 Å². The molecule has 1 aromatic heterocycles. The maximum Gasteiger partial charge on any atom is 0.162 e. The maximum absolute atomic E-state index is 9.31. The fourth-order valence-corrected chi connectivity index (χ4v) is 3.16. The molecule has 0 unspecified atom stereocenters. The lowest BCUT2D eigenvalue weighted by atomic mass is 10.1. The van der Waals surface area contributed by atoms with Crippen LogP contribution >= 0.6 is 23.1 Å². The maximum atomic E-state index is 9.31. The van der Waals surface area contributed by atoms with Crippen molar-refractivity contribution in [2.75, 3.05) is 32.1 Å². The predicted octanol–water partition coefficient (Wildman–Crippen LogP) is 3.11. The summed E-state index contributed by atoms with van der Waals surface area (Å²) in [6.45, 7) is 2.16. The van der Waals surface area contributed by atoms with Crippen molar-refractivity contribution in [3.63, 3.8) is 0 Å². The van der Waals surface area contributed by atoms with Gasteiger partial charge in [0.05, 0.1) is 11.6 Å². The van der Waals surface area contributed by atoms with E-state index in [1.54, 1.807) is 6.07 Å². The Morgan fingerprint density at radius 3 is 2.65 bits per heavy atom. The Morgan fingerprint density at radius 1 is 1.22 bits per heavy atom. The van der Waals surface area contributed by atoms with E-state index in [1.165, 1.54) is 11.5 Å². The zero-order chi connectivity index (χ0) is 16.8. The van der Waals surface area contributed by atoms with Gasteiger partial charge in [0.25, 0.3) is 0 Å². The molecule has 0 bridgehead atoms. The lowest BCUT2D eigenvalue weighted by Crippen LogP contribution is -2.31. The third kappa shape index (κ3) is 4.43. The Labute approximate surface area is 145 Å². The summed E-state index contributed by atoms with van der Waals surface area (Å²) in [4.78, 5) is 4.16. The summed E-state index contributed by atoms with van der Waals surface area (Å²) < 4.78 is 4.09. The molecular formula is C16H16ClN5S. The summed E-state index contributed by atoms with van der Waals surface area (Å²) in [7, 11) is 4.00. The van der Waals surface area contributed by atoms with Gasteiger partial charge in [0.1, 0.15) is 16.6 Å². The second kappa shape index (κ2) is 7.94. The number of aromatic nitrogens is 1. The van der Waals surface area contributed by atoms with Gasteiger partial charge in [0.2, 0.25) is 0 Å². The number of nitriles is 2. The highest BCUT2D eigenvalue weighted by Gasteiger charge is 2.19. The molecule has 0 radical (unpaired) electrons. The van der Waals surface area contributed by atoms with Crippen LogP contribution in [-0.2, 0) is 6.54 Å². The van der Waals surface area contributed by atoms with Gasteiger partial charge in [0.15, 0.2) is 5.15 Å². The summed E-state index contributed by atoms with van der Waals surface area (Å²) in [5.41, 5.74) is 2.04. The Kier molecular flexibility index (Phi) is 5.95. The number of halogens is 1. The van der Waals surface area contributed by atoms with E-state index in [1.807, 2.05) is 32.3 Å². The van der Waals surface area contributed by atoms with Crippen LogP contribution in [0.1, 0.15) is 16.7 Å². The molecule has 0 aliphatic carbocycles. The number of nitrogens with zero attached hydrogens (tertiary/aromatic N) is 5. The molecule has 1 heterocycles. The van der Waals surface area contributed by atoms with E-state index in [2.05, 4.69) is 26.3 Å². The number of likely N-dealkylation sites (N-methyl/N-ethyl adjacent to an activating group) is 1. The number of hydrogen-bond donors (Lipinski definition) is 0. The molecule has 0 aliphatic heterocycles. The van der Waals surface area contributed by atoms with Crippen molar-refractivity contribution < 1.29 is 0 Å². The minimum atomic E-state index is 0.244. The van der Waals surface area contributed by atoms with E-state index in [0.29, 0.717) is 17.7 Å². The first-order chi connectivity index (χ1) is 11.0. The molecule has 5 nitrogen and oxygen atoms in total. The Morgan fingerprint density at radius 2 is 2.00 bits per heavy atom. The number of anilines is 1. The molecule has 0 saturated heterocycles. The van der Waals surface area contributed by atoms with Crippen LogP contribution in [0.4, 0.5) is 5.00 Å². The fourth-order valence-electron chi connectivity index (χ4n) is 2.11. The molecule has 0 N–H and O–H groups in total. The standard InChI is InChI=1S/C16H16ClN5S/c1-21(2)6-7-22(16-14(10-19)15(17)20-23-16)11-13-5-3-4-12(8-13)9-18/h3-5,8H,6-7,11H2,1-2H3. The van der Waals surface area contributed by atoms with Crippen LogP contribution in [0.5, 0.6) is 0 Å². The molecular weight excluding hydrogens is 330 g/mol. The van der Waals surface area contributed by atoms with E-state index in [-0.39, 0.29) is 5.15 Å². The number of hydrogen-bond acceptors (Lipinski definition) is 6. The minimum Gasteiger partial charge on any atom is -0.355 e. The first-order valence-electron chi connectivity index (χ1n) is 6.99. The Bertz CT molecular complexity index is 757. The SMILES string of the molecule is CN(C)CCN(Cc1cccc(C#N)c1)c1snc(Cl)c1C#N. The molecule has 0 amide bonds. The van der Waals surface area contributed by atoms with Crippen molar-refractivity contribution in [3.05, 3.63) is 46.1 Å². The highest BCUT2D eigenvalue weighted by molar-refractivity contribution is 7.10. The molecule has 23 heavy (non-hydrogen) atoms. The molecule has 2 rings (SSSR count). The summed E-state index contributed by atoms with van der Waals surface area (Å²) in [6, 6.07) is 11.7. The van der Waals surface area contributed by atoms with Crippen LogP contribution in [0.25, 0.3) is 0 Å². The van der Waals surface area contributed by atoms with E-state index in [9.17, 15) is 5.26 Å². The lowest BCUT2D eigenvalue weighted by molar-refractivity contribution is 0.413. The van der Waals surface area contributed by atoms with Gasteiger partial charge in [-0.05, 0) is 43.3 Å². The second-order valence-electron chi connectivity index (χ2n) is 5.30. The zero-order valence-corrected chi connectivity index (χ0v) is 14.5. The van der Waals surface area contributed by atoms with Crippen molar-refractivity contribution in [2.45, 2.75) is 6.54 Å². The van der Waals surface area contributed by atoms with Crippen molar-refractivity contribution in [2.24, 2.45) is 0 Å². The Hall–Kier alpha value is -2.12. The summed E-state index contributed by atoms with van der Waals surface area (Å²) in [5, 5.41) is 19.4. The molecule has 0 spiro atoms. The van der Waals surface area contributed by atoms with Crippen LogP contribution in [0, 0.1) is 22.7 Å². The van der Waals surface area contributed by atoms with Gasteiger partial charge in [-0.3, -0.25) is 0 Å². The van der Waals surface area contributed by atoms with Gasteiger partial charge < -0.3 is 9.80 Å². The average Bonchev–Trinajstić information content (AvgIpc) is 2.92. The van der Waals surface area contributed by atoms with Crippen molar-refractivity contribution in [3.8, 4) is 12.1 Å². The minimum absolute atomic E-state index is 0.244. The molecule has 0 saturated carbocycles. The lowest BCUT2D eigenvalue weighted by Gasteiger charge is -2.25. The largest absolute Gasteiger partial charge is 0.355 e. The van der Waals surface area contributed by atoms with Crippen molar-refractivity contribution in [1.29, 1.82) is 10.5 Å².